The third kappa shape index (κ3) is 2.95. The second-order valence-electron chi connectivity index (χ2n) is 3.48. The zero-order valence-corrected chi connectivity index (χ0v) is 12.9. The monoisotopic (exact) mass is 435 g/mol. The van der Waals surface area contributed by atoms with Crippen LogP contribution < -0.4 is 0 Å². The topological polar surface area (TPSA) is 3.24 Å². The van der Waals surface area contributed by atoms with Gasteiger partial charge in [0.25, 0.3) is 0 Å². The zero-order valence-electron chi connectivity index (χ0n) is 8.55. The Balaban J connectivity index is 2.40. The predicted octanol–water partition coefficient (Wildman–Crippen LogP) is 4.78. The molecule has 0 aliphatic rings. The summed E-state index contributed by atoms with van der Waals surface area (Å²) in [7, 11) is 0. The summed E-state index contributed by atoms with van der Waals surface area (Å²) in [5, 5.41) is 0. The van der Waals surface area contributed by atoms with Crippen LogP contribution in [-0.4, -0.2) is 1.33 Å². The van der Waals surface area contributed by atoms with Crippen LogP contribution in [-0.2, 0) is 0 Å². The second kappa shape index (κ2) is 5.97. The first-order valence-electron chi connectivity index (χ1n) is 4.99. The summed E-state index contributed by atoms with van der Waals surface area (Å²) < 4.78 is 2.18. The van der Waals surface area contributed by atoms with E-state index in [0.717, 1.165) is 0 Å². The third-order valence-electron chi connectivity index (χ3n) is 2.43. The van der Waals surface area contributed by atoms with E-state index >= 15 is 0 Å². The van der Waals surface area contributed by atoms with Gasteiger partial charge in [-0.15, -0.1) is 0 Å². The molecule has 0 heterocycles. The molecule has 0 aliphatic heterocycles. The molecule has 1 nitrogen and oxygen atoms in total. The van der Waals surface area contributed by atoms with Gasteiger partial charge in [-0.3, -0.25) is 0 Å². The second-order valence-corrected chi connectivity index (χ2v) is 7.41. The molecule has 16 heavy (non-hydrogen) atoms. The molecule has 2 rings (SSSR count). The number of hydrogen-bond acceptors (Lipinski definition) is 1. The van der Waals surface area contributed by atoms with Crippen LogP contribution >= 0.6 is 45.7 Å². The Bertz CT molecular complexity index is 389. The van der Waals surface area contributed by atoms with Crippen LogP contribution in [0.1, 0.15) is 17.2 Å². The first kappa shape index (κ1) is 12.3. The number of rotatable bonds is 3. The maximum Gasteiger partial charge on any atom is 0.0797 e. The van der Waals surface area contributed by atoms with Crippen LogP contribution in [0.3, 0.4) is 0 Å². The van der Waals surface area contributed by atoms with Crippen LogP contribution in [0.25, 0.3) is 0 Å². The molecule has 0 spiro atoms. The number of benzene rings is 2. The van der Waals surface area contributed by atoms with Crippen molar-refractivity contribution >= 4 is 45.7 Å². The van der Waals surface area contributed by atoms with Crippen molar-refractivity contribution in [1.29, 1.82) is 0 Å². The summed E-state index contributed by atoms with van der Waals surface area (Å²) in [6.07, 6.45) is 0. The molecular formula is C13H11I2N. The average molecular weight is 435 g/mol. The van der Waals surface area contributed by atoms with Crippen LogP contribution in [0.4, 0.5) is 0 Å². The quantitative estimate of drug-likeness (QED) is 0.496. The van der Waals surface area contributed by atoms with Gasteiger partial charge in [0, 0.05) is 45.7 Å². The smallest absolute Gasteiger partial charge is 0.0797 e. The summed E-state index contributed by atoms with van der Waals surface area (Å²) in [5.74, 6) is 0. The van der Waals surface area contributed by atoms with Gasteiger partial charge in [0.1, 0.15) is 0 Å². The molecule has 0 aliphatic carbocycles. The molecule has 82 valence electrons. The SMILES string of the molecule is IN(I)C(c1ccccc1)c1ccccc1. The first-order valence-corrected chi connectivity index (χ1v) is 6.92. The summed E-state index contributed by atoms with van der Waals surface area (Å²) in [5.41, 5.74) is 2.63. The average Bonchev–Trinajstić information content (AvgIpc) is 2.31. The van der Waals surface area contributed by atoms with Crippen molar-refractivity contribution in [2.75, 3.05) is 0 Å². The van der Waals surface area contributed by atoms with Gasteiger partial charge in [0.15, 0.2) is 0 Å². The highest BCUT2D eigenvalue weighted by atomic mass is 127. The van der Waals surface area contributed by atoms with E-state index in [2.05, 4.69) is 108 Å². The molecule has 0 atom stereocenters. The van der Waals surface area contributed by atoms with Gasteiger partial charge < -0.3 is 0 Å². The van der Waals surface area contributed by atoms with Crippen molar-refractivity contribution in [1.82, 2.24) is 1.33 Å². The van der Waals surface area contributed by atoms with E-state index in [1.165, 1.54) is 11.1 Å². The minimum atomic E-state index is 0.309. The van der Waals surface area contributed by atoms with Crippen molar-refractivity contribution in [2.24, 2.45) is 0 Å². The van der Waals surface area contributed by atoms with E-state index < -0.39 is 0 Å². The molecular weight excluding hydrogens is 424 g/mol. The molecule has 0 amide bonds. The van der Waals surface area contributed by atoms with E-state index in [-0.39, 0.29) is 0 Å². The van der Waals surface area contributed by atoms with Crippen LogP contribution in [0.15, 0.2) is 60.7 Å². The molecule has 0 unspecified atom stereocenters. The molecule has 2 aromatic rings. The lowest BCUT2D eigenvalue weighted by Crippen LogP contribution is -2.10. The Kier molecular flexibility index (Phi) is 4.60. The molecule has 3 heteroatoms. The Morgan fingerprint density at radius 2 is 1.06 bits per heavy atom. The fourth-order valence-corrected chi connectivity index (χ4v) is 2.97. The lowest BCUT2D eigenvalue weighted by molar-refractivity contribution is 0.692. The molecule has 0 saturated heterocycles. The van der Waals surface area contributed by atoms with E-state index in [4.69, 9.17) is 0 Å². The van der Waals surface area contributed by atoms with E-state index in [1.807, 2.05) is 0 Å². The number of nitrogens with zero attached hydrogens (tertiary/aromatic N) is 1. The van der Waals surface area contributed by atoms with E-state index in [0.29, 0.717) is 6.04 Å². The Morgan fingerprint density at radius 3 is 1.38 bits per heavy atom. The lowest BCUT2D eigenvalue weighted by atomic mass is 10.00. The Hall–Kier alpha value is -0.140. The van der Waals surface area contributed by atoms with Crippen LogP contribution in [0.2, 0.25) is 0 Å². The predicted molar refractivity (Wildman–Crippen MR) is 84.6 cm³/mol. The Labute approximate surface area is 124 Å². The van der Waals surface area contributed by atoms with Crippen molar-refractivity contribution < 1.29 is 0 Å². The highest BCUT2D eigenvalue weighted by Gasteiger charge is 2.17. The highest BCUT2D eigenvalue weighted by molar-refractivity contribution is 14.2. The van der Waals surface area contributed by atoms with Crippen molar-refractivity contribution in [3.63, 3.8) is 0 Å². The zero-order chi connectivity index (χ0) is 11.4. The van der Waals surface area contributed by atoms with Gasteiger partial charge in [-0.05, 0) is 11.1 Å². The van der Waals surface area contributed by atoms with Gasteiger partial charge in [0.2, 0.25) is 0 Å². The molecule has 0 fully saturated rings. The lowest BCUT2D eigenvalue weighted by Gasteiger charge is -2.21. The fourth-order valence-electron chi connectivity index (χ4n) is 1.69. The Morgan fingerprint density at radius 1 is 0.688 bits per heavy atom. The van der Waals surface area contributed by atoms with Crippen LogP contribution in [0.5, 0.6) is 0 Å². The third-order valence-corrected chi connectivity index (χ3v) is 3.54. The summed E-state index contributed by atoms with van der Waals surface area (Å²) in [6.45, 7) is 0. The van der Waals surface area contributed by atoms with Crippen molar-refractivity contribution in [2.45, 2.75) is 6.04 Å². The summed E-state index contributed by atoms with van der Waals surface area (Å²) in [4.78, 5) is 0. The minimum absolute atomic E-state index is 0.309. The van der Waals surface area contributed by atoms with Gasteiger partial charge in [-0.25, -0.2) is 0 Å². The summed E-state index contributed by atoms with van der Waals surface area (Å²) in [6, 6.07) is 21.4. The molecule has 0 N–H and O–H groups in total. The van der Waals surface area contributed by atoms with E-state index in [9.17, 15) is 0 Å². The fraction of sp³-hybridized carbons (Fsp3) is 0.0769. The first-order chi connectivity index (χ1) is 7.79. The molecule has 2 aromatic carbocycles. The molecule has 0 bridgehead atoms. The molecule has 0 aromatic heterocycles. The van der Waals surface area contributed by atoms with Crippen LogP contribution in [0, 0.1) is 0 Å². The van der Waals surface area contributed by atoms with Gasteiger partial charge in [-0.1, -0.05) is 60.7 Å². The van der Waals surface area contributed by atoms with Gasteiger partial charge >= 0.3 is 0 Å². The van der Waals surface area contributed by atoms with Crippen molar-refractivity contribution in [3.05, 3.63) is 71.8 Å². The maximum atomic E-state index is 2.33. The number of halogens is 2. The normalized spacial score (nSPS) is 11.0. The standard InChI is InChI=1S/C13H11I2N/c14-16(15)13(11-7-3-1-4-8-11)12-9-5-2-6-10-12/h1-10,13H. The summed E-state index contributed by atoms with van der Waals surface area (Å²) >= 11 is 4.66. The largest absolute Gasteiger partial charge is 0.176 e. The minimum Gasteiger partial charge on any atom is -0.176 e. The van der Waals surface area contributed by atoms with Crippen molar-refractivity contribution in [3.8, 4) is 0 Å². The molecule has 0 saturated carbocycles. The van der Waals surface area contributed by atoms with Gasteiger partial charge in [0.05, 0.1) is 6.04 Å². The maximum absolute atomic E-state index is 2.33. The highest BCUT2D eigenvalue weighted by Crippen LogP contribution is 2.33. The van der Waals surface area contributed by atoms with E-state index in [1.54, 1.807) is 0 Å². The molecule has 0 radical (unpaired) electrons. The number of hydrogen-bond donors (Lipinski definition) is 0. The van der Waals surface area contributed by atoms with Gasteiger partial charge in [-0.2, -0.15) is 1.33 Å².